The van der Waals surface area contributed by atoms with E-state index in [0.29, 0.717) is 11.0 Å². The minimum Gasteiger partial charge on any atom is -0.478 e. The van der Waals surface area contributed by atoms with Gasteiger partial charge in [-0.2, -0.15) is 0 Å². The summed E-state index contributed by atoms with van der Waals surface area (Å²) >= 11 is 0. The quantitative estimate of drug-likeness (QED) is 0.885. The van der Waals surface area contributed by atoms with Gasteiger partial charge in [0.2, 0.25) is 0 Å². The summed E-state index contributed by atoms with van der Waals surface area (Å²) in [5.74, 6) is -1.10. The first-order valence-corrected chi connectivity index (χ1v) is 7.29. The molecule has 2 rings (SSSR count). The number of carboxylic acids is 1. The Bertz CT molecular complexity index is 703. The molecule has 6 nitrogen and oxygen atoms in total. The molecule has 0 fully saturated rings. The van der Waals surface area contributed by atoms with Crippen LogP contribution in [0.2, 0.25) is 0 Å². The number of benzene rings is 1. The predicted octanol–water partition coefficient (Wildman–Crippen LogP) is 0.779. The molecule has 0 radical (unpaired) electrons. The summed E-state index contributed by atoms with van der Waals surface area (Å²) < 4.78 is 23.8. The van der Waals surface area contributed by atoms with Crippen molar-refractivity contribution in [2.75, 3.05) is 12.0 Å². The van der Waals surface area contributed by atoms with E-state index in [4.69, 9.17) is 5.11 Å². The fraction of sp³-hybridized carbons (Fsp3) is 0.273. The van der Waals surface area contributed by atoms with Crippen molar-refractivity contribution in [3.05, 3.63) is 30.1 Å². The maximum atomic E-state index is 11.1. The van der Waals surface area contributed by atoms with Crippen LogP contribution in [0.4, 0.5) is 0 Å². The van der Waals surface area contributed by atoms with Gasteiger partial charge in [-0.3, -0.25) is 0 Å². The fourth-order valence-corrected chi connectivity index (χ4v) is 2.26. The van der Waals surface area contributed by atoms with Gasteiger partial charge in [0.05, 0.1) is 28.7 Å². The molecule has 2 aromatic rings. The Labute approximate surface area is 104 Å². The fourth-order valence-electron chi connectivity index (χ4n) is 1.73. The lowest BCUT2D eigenvalue weighted by atomic mass is 10.2. The Kier molecular flexibility index (Phi) is 3.08. The number of hydrogen-bond acceptors (Lipinski definition) is 4. The molecule has 0 atom stereocenters. The van der Waals surface area contributed by atoms with E-state index in [9.17, 15) is 13.2 Å². The molecule has 96 valence electrons. The van der Waals surface area contributed by atoms with Crippen molar-refractivity contribution in [1.82, 2.24) is 9.55 Å². The van der Waals surface area contributed by atoms with Crippen molar-refractivity contribution in [3.63, 3.8) is 0 Å². The molecule has 1 heterocycles. The molecule has 1 N–H and O–H groups in total. The summed E-state index contributed by atoms with van der Waals surface area (Å²) in [5, 5.41) is 9.09. The number of nitrogens with zero attached hydrogens (tertiary/aromatic N) is 2. The number of carboxylic acid groups (broad SMARTS) is 1. The zero-order valence-corrected chi connectivity index (χ0v) is 10.5. The smallest absolute Gasteiger partial charge is 0.337 e. The number of sulfone groups is 1. The summed E-state index contributed by atoms with van der Waals surface area (Å²) in [5.41, 5.74) is 1.12. The summed E-state index contributed by atoms with van der Waals surface area (Å²) in [6, 6.07) is 4.78. The van der Waals surface area contributed by atoms with Crippen molar-refractivity contribution in [2.24, 2.45) is 0 Å². The van der Waals surface area contributed by atoms with E-state index in [-0.39, 0.29) is 17.9 Å². The minimum atomic E-state index is -3.10. The average Bonchev–Trinajstić information content (AvgIpc) is 2.68. The van der Waals surface area contributed by atoms with Crippen LogP contribution in [0.3, 0.4) is 0 Å². The molecule has 0 saturated heterocycles. The summed E-state index contributed by atoms with van der Waals surface area (Å²) in [7, 11) is -3.10. The van der Waals surface area contributed by atoms with Crippen molar-refractivity contribution in [2.45, 2.75) is 6.54 Å². The monoisotopic (exact) mass is 268 g/mol. The van der Waals surface area contributed by atoms with Gasteiger partial charge in [-0.15, -0.1) is 0 Å². The first-order valence-electron chi connectivity index (χ1n) is 5.23. The molecule has 18 heavy (non-hydrogen) atoms. The third-order valence-corrected chi connectivity index (χ3v) is 3.50. The second kappa shape index (κ2) is 4.41. The van der Waals surface area contributed by atoms with Gasteiger partial charge in [-0.1, -0.05) is 6.07 Å². The van der Waals surface area contributed by atoms with Crippen LogP contribution < -0.4 is 0 Å². The number of rotatable bonds is 4. The topological polar surface area (TPSA) is 89.3 Å². The number of fused-ring (bicyclic) bond motifs is 1. The molecule has 0 aliphatic carbocycles. The Morgan fingerprint density at radius 3 is 2.78 bits per heavy atom. The summed E-state index contributed by atoms with van der Waals surface area (Å²) in [6.45, 7) is 0.194. The SMILES string of the molecule is CS(=O)(=O)CCn1cnc2cccc(C(=O)O)c21. The van der Waals surface area contributed by atoms with Crippen molar-refractivity contribution in [1.29, 1.82) is 0 Å². The van der Waals surface area contributed by atoms with Gasteiger partial charge in [-0.25, -0.2) is 18.2 Å². The Morgan fingerprint density at radius 1 is 1.44 bits per heavy atom. The van der Waals surface area contributed by atoms with E-state index in [1.807, 2.05) is 0 Å². The van der Waals surface area contributed by atoms with Gasteiger partial charge in [-0.05, 0) is 12.1 Å². The number of carbonyl (C=O) groups is 1. The highest BCUT2D eigenvalue weighted by Gasteiger charge is 2.14. The van der Waals surface area contributed by atoms with E-state index in [1.54, 1.807) is 16.7 Å². The molecule has 1 aromatic carbocycles. The summed E-state index contributed by atoms with van der Waals surface area (Å²) in [4.78, 5) is 15.2. The van der Waals surface area contributed by atoms with E-state index in [2.05, 4.69) is 4.98 Å². The maximum absolute atomic E-state index is 11.1. The predicted molar refractivity (Wildman–Crippen MR) is 66.4 cm³/mol. The van der Waals surface area contributed by atoms with Gasteiger partial charge in [0.15, 0.2) is 0 Å². The zero-order chi connectivity index (χ0) is 13.3. The molecule has 0 aliphatic rings. The van der Waals surface area contributed by atoms with E-state index >= 15 is 0 Å². The molecular formula is C11H12N2O4S. The third-order valence-electron chi connectivity index (χ3n) is 2.57. The Balaban J connectivity index is 2.49. The molecule has 7 heteroatoms. The number of hydrogen-bond donors (Lipinski definition) is 1. The van der Waals surface area contributed by atoms with E-state index < -0.39 is 15.8 Å². The number of imidazole rings is 1. The van der Waals surface area contributed by atoms with Crippen LogP contribution in [-0.4, -0.2) is 41.1 Å². The van der Waals surface area contributed by atoms with Gasteiger partial charge in [0.25, 0.3) is 0 Å². The number of aromatic nitrogens is 2. The van der Waals surface area contributed by atoms with Crippen LogP contribution in [0.25, 0.3) is 11.0 Å². The van der Waals surface area contributed by atoms with Gasteiger partial charge in [0.1, 0.15) is 9.84 Å². The highest BCUT2D eigenvalue weighted by Crippen LogP contribution is 2.18. The Hall–Kier alpha value is -1.89. The van der Waals surface area contributed by atoms with E-state index in [1.165, 1.54) is 12.4 Å². The van der Waals surface area contributed by atoms with Crippen LogP contribution in [0.15, 0.2) is 24.5 Å². The standard InChI is InChI=1S/C11H12N2O4S/c1-18(16,17)6-5-13-7-12-9-4-2-3-8(10(9)13)11(14)15/h2-4,7H,5-6H2,1H3,(H,14,15). The van der Waals surface area contributed by atoms with Gasteiger partial charge < -0.3 is 9.67 Å². The molecule has 0 amide bonds. The lowest BCUT2D eigenvalue weighted by Gasteiger charge is -2.05. The second-order valence-electron chi connectivity index (χ2n) is 4.05. The van der Waals surface area contributed by atoms with Crippen molar-refractivity contribution in [3.8, 4) is 0 Å². The highest BCUT2D eigenvalue weighted by atomic mass is 32.2. The van der Waals surface area contributed by atoms with Gasteiger partial charge >= 0.3 is 5.97 Å². The first kappa shape index (κ1) is 12.6. The molecule has 0 aliphatic heterocycles. The van der Waals surface area contributed by atoms with Gasteiger partial charge in [0, 0.05) is 12.8 Å². The number of aryl methyl sites for hydroxylation is 1. The molecule has 1 aromatic heterocycles. The number of aromatic carboxylic acids is 1. The normalized spacial score (nSPS) is 11.8. The van der Waals surface area contributed by atoms with Crippen LogP contribution in [0.5, 0.6) is 0 Å². The van der Waals surface area contributed by atoms with Crippen LogP contribution >= 0.6 is 0 Å². The van der Waals surface area contributed by atoms with Crippen LogP contribution in [0, 0.1) is 0 Å². The molecule has 0 bridgehead atoms. The van der Waals surface area contributed by atoms with Crippen molar-refractivity contribution >= 4 is 26.8 Å². The molecule has 0 unspecified atom stereocenters. The lowest BCUT2D eigenvalue weighted by molar-refractivity contribution is 0.0698. The average molecular weight is 268 g/mol. The Morgan fingerprint density at radius 2 is 2.17 bits per heavy atom. The van der Waals surface area contributed by atoms with Crippen molar-refractivity contribution < 1.29 is 18.3 Å². The van der Waals surface area contributed by atoms with E-state index in [0.717, 1.165) is 6.26 Å². The third kappa shape index (κ3) is 2.51. The van der Waals surface area contributed by atoms with Crippen LogP contribution in [-0.2, 0) is 16.4 Å². The summed E-state index contributed by atoms with van der Waals surface area (Å²) in [6.07, 6.45) is 2.60. The highest BCUT2D eigenvalue weighted by molar-refractivity contribution is 7.90. The first-order chi connectivity index (χ1) is 8.38. The second-order valence-corrected chi connectivity index (χ2v) is 6.31. The van der Waals surface area contributed by atoms with Crippen LogP contribution in [0.1, 0.15) is 10.4 Å². The zero-order valence-electron chi connectivity index (χ0n) is 9.70. The largest absolute Gasteiger partial charge is 0.478 e. The molecule has 0 saturated carbocycles. The molecular weight excluding hydrogens is 256 g/mol. The number of para-hydroxylation sites is 1. The minimum absolute atomic E-state index is 0.0492. The molecule has 0 spiro atoms. The lowest BCUT2D eigenvalue weighted by Crippen LogP contribution is -2.11. The maximum Gasteiger partial charge on any atom is 0.337 e.